The van der Waals surface area contributed by atoms with Gasteiger partial charge in [-0.25, -0.2) is 0 Å². The molecule has 48 heavy (non-hydrogen) atoms. The average molecular weight is 815 g/mol. The summed E-state index contributed by atoms with van der Waals surface area (Å²) in [5.41, 5.74) is 2.85. The fourth-order valence-corrected chi connectivity index (χ4v) is 5.65. The van der Waals surface area contributed by atoms with E-state index in [9.17, 15) is 4.39 Å². The number of fused-ring (bicyclic) bond motifs is 6. The van der Waals surface area contributed by atoms with Crippen molar-refractivity contribution in [3.8, 4) is 22.5 Å². The Morgan fingerprint density at radius 3 is 2.38 bits per heavy atom. The van der Waals surface area contributed by atoms with Crippen LogP contribution in [0.2, 0.25) is 0 Å². The molecule has 3 aromatic heterocycles. The van der Waals surface area contributed by atoms with Crippen LogP contribution in [-0.4, -0.2) is 9.97 Å². The predicted octanol–water partition coefficient (Wildman–Crippen LogP) is 11.6. The first kappa shape index (κ1) is 24.4. The zero-order valence-electron chi connectivity index (χ0n) is 34.4. The summed E-state index contributed by atoms with van der Waals surface area (Å²) in [6.07, 6.45) is 0.658. The van der Waals surface area contributed by atoms with Crippen molar-refractivity contribution in [3.05, 3.63) is 144 Å². The Labute approximate surface area is 305 Å². The third-order valence-electron chi connectivity index (χ3n) is 7.78. The number of nitrogens with zero attached hydrogens (tertiary/aromatic N) is 2. The Bertz CT molecular complexity index is 2700. The molecule has 0 fully saturated rings. The Hall–Kier alpha value is -4.70. The molecule has 241 valence electrons. The average Bonchev–Trinajstić information content (AvgIpc) is 3.51. The first-order chi connectivity index (χ1) is 25.8. The number of aromatic nitrogens is 2. The molecule has 3 heterocycles. The summed E-state index contributed by atoms with van der Waals surface area (Å²) in [5, 5.41) is 6.36. The summed E-state index contributed by atoms with van der Waals surface area (Å²) in [4.78, 5) is 8.50. The molecule has 0 saturated carbocycles. The van der Waals surface area contributed by atoms with Crippen LogP contribution in [0.25, 0.3) is 66.0 Å². The van der Waals surface area contributed by atoms with Crippen molar-refractivity contribution in [2.24, 2.45) is 5.41 Å². The second-order valence-electron chi connectivity index (χ2n) is 12.4. The van der Waals surface area contributed by atoms with Gasteiger partial charge in [0.1, 0.15) is 5.58 Å². The van der Waals surface area contributed by atoms with Crippen molar-refractivity contribution >= 4 is 43.5 Å². The Balaban J connectivity index is 0.000000248. The number of benzene rings is 5. The first-order valence-corrected chi connectivity index (χ1v) is 15.2. The summed E-state index contributed by atoms with van der Waals surface area (Å²) in [7, 11) is 0. The Morgan fingerprint density at radius 2 is 1.62 bits per heavy atom. The Kier molecular flexibility index (Phi) is 6.84. The number of rotatable bonds is 3. The van der Waals surface area contributed by atoms with E-state index in [1.165, 1.54) is 30.6 Å². The quantitative estimate of drug-likeness (QED) is 0.132. The smallest absolute Gasteiger partial charge is 0.121 e. The zero-order chi connectivity index (χ0) is 39.5. The normalized spacial score (nSPS) is 14.8. The van der Waals surface area contributed by atoms with Crippen LogP contribution >= 0.6 is 0 Å². The zero-order valence-corrected chi connectivity index (χ0v) is 28.8. The van der Waals surface area contributed by atoms with Gasteiger partial charge in [-0.3, -0.25) is 4.39 Å². The molecule has 8 rings (SSSR count). The van der Waals surface area contributed by atoms with Crippen LogP contribution in [0.4, 0.5) is 4.39 Å². The summed E-state index contributed by atoms with van der Waals surface area (Å²) >= 11 is 0. The standard InChI is InChI=1S/C31H26NO.C12H9FN.Ir/c1-19-18-32-28(15-22(19)17-31(2,3)4)25-11-7-10-24-27-14-21-13-12-20-8-5-6-9-23(20)26(21)16-29(27)33-30(24)25;1-9-2-7-12(14-8-9)10-3-5-11(13)6-4-10;/h5-10,12-16,18H,17H2,1-4H3;2-3,5-8H,1H3;/q2*-1;/i1D3,17D2;1D3;. The molecule has 0 atom stereocenters. The molecule has 0 aliphatic carbocycles. The molecule has 0 unspecified atom stereocenters. The van der Waals surface area contributed by atoms with E-state index >= 15 is 0 Å². The van der Waals surface area contributed by atoms with Gasteiger partial charge in [-0.15, -0.1) is 48.0 Å². The van der Waals surface area contributed by atoms with Crippen LogP contribution in [0.15, 0.2) is 114 Å². The monoisotopic (exact) mass is 815 g/mol. The third-order valence-corrected chi connectivity index (χ3v) is 7.78. The molecule has 0 spiro atoms. The second kappa shape index (κ2) is 13.4. The van der Waals surface area contributed by atoms with Gasteiger partial charge in [-0.1, -0.05) is 91.9 Å². The van der Waals surface area contributed by atoms with Crippen molar-refractivity contribution < 1.29 is 39.9 Å². The molecular formula is C43H35FIrN2O-2. The van der Waals surface area contributed by atoms with E-state index in [1.807, 2.05) is 18.2 Å². The van der Waals surface area contributed by atoms with Crippen LogP contribution in [0.1, 0.15) is 48.4 Å². The van der Waals surface area contributed by atoms with Gasteiger partial charge >= 0.3 is 0 Å². The van der Waals surface area contributed by atoms with Crippen LogP contribution in [0.5, 0.6) is 0 Å². The SMILES string of the molecule is [2H]C([2H])([2H])c1ccc(-c2[c-]cc(F)cc2)nc1.[2H]C([2H])([2H])c1cnc(-c2[c-]ccc3c2oc2cc4c(ccc5ccccc54)cc23)cc1C([2H])([2H])C(C)(C)C.[Ir]. The number of hydrogen-bond donors (Lipinski definition) is 0. The minimum Gasteiger partial charge on any atom is -0.501 e. The molecular weight excluding hydrogens is 772 g/mol. The maximum Gasteiger partial charge on any atom is 0.121 e. The summed E-state index contributed by atoms with van der Waals surface area (Å²) in [5.74, 6) is -0.368. The maximum absolute atomic E-state index is 12.7. The van der Waals surface area contributed by atoms with Gasteiger partial charge in [0, 0.05) is 54.7 Å². The van der Waals surface area contributed by atoms with Crippen molar-refractivity contribution in [1.82, 2.24) is 9.97 Å². The van der Waals surface area contributed by atoms with Crippen LogP contribution < -0.4 is 0 Å². The van der Waals surface area contributed by atoms with Gasteiger partial charge < -0.3 is 14.4 Å². The molecule has 0 aliphatic heterocycles. The molecule has 5 aromatic carbocycles. The third kappa shape index (κ3) is 6.80. The summed E-state index contributed by atoms with van der Waals surface area (Å²) in [6, 6.07) is 35.1. The number of aryl methyl sites for hydroxylation is 2. The number of hydrogen-bond acceptors (Lipinski definition) is 3. The van der Waals surface area contributed by atoms with E-state index in [0.717, 1.165) is 37.9 Å². The van der Waals surface area contributed by atoms with Crippen molar-refractivity contribution in [2.45, 2.75) is 40.8 Å². The predicted molar refractivity (Wildman–Crippen MR) is 192 cm³/mol. The fraction of sp³-hybridized carbons (Fsp3) is 0.163. The van der Waals surface area contributed by atoms with Crippen LogP contribution in [0, 0.1) is 37.1 Å². The number of halogens is 1. The van der Waals surface area contributed by atoms with Crippen LogP contribution in [0.3, 0.4) is 0 Å². The van der Waals surface area contributed by atoms with Gasteiger partial charge in [0.05, 0.1) is 5.58 Å². The molecule has 3 nitrogen and oxygen atoms in total. The molecule has 5 heteroatoms. The summed E-state index contributed by atoms with van der Waals surface area (Å²) < 4.78 is 82.5. The van der Waals surface area contributed by atoms with E-state index in [4.69, 9.17) is 15.4 Å². The van der Waals surface area contributed by atoms with Gasteiger partial charge in [-0.2, -0.15) is 0 Å². The van der Waals surface area contributed by atoms with E-state index in [1.54, 1.807) is 45.0 Å². The number of furan rings is 1. The molecule has 0 saturated heterocycles. The van der Waals surface area contributed by atoms with Gasteiger partial charge in [0.15, 0.2) is 0 Å². The molecule has 0 aliphatic rings. The van der Waals surface area contributed by atoms with Crippen LogP contribution in [-0.2, 0) is 26.5 Å². The number of pyridine rings is 2. The van der Waals surface area contributed by atoms with Crippen molar-refractivity contribution in [1.29, 1.82) is 0 Å². The molecule has 0 bridgehead atoms. The van der Waals surface area contributed by atoms with E-state index in [2.05, 4.69) is 58.5 Å². The van der Waals surface area contributed by atoms with Gasteiger partial charge in [-0.05, 0) is 81.7 Å². The Morgan fingerprint density at radius 1 is 0.792 bits per heavy atom. The molecule has 0 amide bonds. The minimum absolute atomic E-state index is 0. The van der Waals surface area contributed by atoms with E-state index < -0.39 is 25.5 Å². The largest absolute Gasteiger partial charge is 0.501 e. The molecule has 8 aromatic rings. The maximum atomic E-state index is 12.7. The van der Waals surface area contributed by atoms with Crippen molar-refractivity contribution in [2.75, 3.05) is 0 Å². The van der Waals surface area contributed by atoms with Gasteiger partial charge in [0.25, 0.3) is 0 Å². The van der Waals surface area contributed by atoms with E-state index in [-0.39, 0.29) is 42.6 Å². The minimum atomic E-state index is -2.50. The second-order valence-corrected chi connectivity index (χ2v) is 12.4. The first-order valence-electron chi connectivity index (χ1n) is 19.2. The topological polar surface area (TPSA) is 38.9 Å². The van der Waals surface area contributed by atoms with Gasteiger partial charge in [0.2, 0.25) is 0 Å². The van der Waals surface area contributed by atoms with Crippen molar-refractivity contribution in [3.63, 3.8) is 0 Å². The molecule has 0 N–H and O–H groups in total. The fourth-order valence-electron chi connectivity index (χ4n) is 5.65. The summed E-state index contributed by atoms with van der Waals surface area (Å²) in [6.45, 7) is 0.625. The molecule has 1 radical (unpaired) electrons. The van der Waals surface area contributed by atoms with E-state index in [0.29, 0.717) is 28.1 Å².